The molecule has 0 radical (unpaired) electrons. The molecule has 0 aliphatic rings. The summed E-state index contributed by atoms with van der Waals surface area (Å²) < 4.78 is 0. The largest absolute Gasteiger partial charge is 0.361 e. The zero-order chi connectivity index (χ0) is 18.7. The molecule has 1 aromatic heterocycles. The van der Waals surface area contributed by atoms with Gasteiger partial charge in [-0.1, -0.05) is 49.2 Å². The highest BCUT2D eigenvalue weighted by Gasteiger charge is 2.21. The van der Waals surface area contributed by atoms with E-state index in [9.17, 15) is 4.79 Å². The maximum absolute atomic E-state index is 12.5. The lowest BCUT2D eigenvalue weighted by atomic mass is 9.88. The fourth-order valence-corrected chi connectivity index (χ4v) is 3.38. The van der Waals surface area contributed by atoms with Crippen molar-refractivity contribution in [3.63, 3.8) is 0 Å². The summed E-state index contributed by atoms with van der Waals surface area (Å²) in [5, 5.41) is 5.41. The van der Waals surface area contributed by atoms with Gasteiger partial charge in [0.15, 0.2) is 0 Å². The van der Waals surface area contributed by atoms with Crippen molar-refractivity contribution in [2.75, 3.05) is 6.54 Å². The molecule has 136 valence electrons. The van der Waals surface area contributed by atoms with E-state index in [2.05, 4.69) is 24.1 Å². The average Bonchev–Trinajstić information content (AvgIpc) is 3.01. The smallest absolute Gasteiger partial charge is 0.220 e. The normalized spacial score (nSPS) is 12.5. The molecule has 0 aliphatic heterocycles. The van der Waals surface area contributed by atoms with Crippen LogP contribution in [0.1, 0.15) is 37.3 Å². The molecule has 3 nitrogen and oxygen atoms in total. The van der Waals surface area contributed by atoms with Crippen LogP contribution in [0.2, 0.25) is 10.0 Å². The van der Waals surface area contributed by atoms with E-state index < -0.39 is 0 Å². The van der Waals surface area contributed by atoms with Crippen LogP contribution < -0.4 is 5.32 Å². The monoisotopic (exact) mass is 388 g/mol. The summed E-state index contributed by atoms with van der Waals surface area (Å²) >= 11 is 12.2. The lowest BCUT2D eigenvalue weighted by Gasteiger charge is -2.18. The second kappa shape index (κ2) is 8.15. The Morgan fingerprint density at radius 3 is 2.46 bits per heavy atom. The van der Waals surface area contributed by atoms with Gasteiger partial charge < -0.3 is 10.3 Å². The number of hydrogen-bond donors (Lipinski definition) is 2. The second-order valence-corrected chi connectivity index (χ2v) is 7.81. The molecule has 1 heterocycles. The van der Waals surface area contributed by atoms with E-state index in [4.69, 9.17) is 23.2 Å². The average molecular weight is 389 g/mol. The number of hydrogen-bond acceptors (Lipinski definition) is 1. The molecule has 26 heavy (non-hydrogen) atoms. The molecule has 2 N–H and O–H groups in total. The molecule has 0 saturated carbocycles. The summed E-state index contributed by atoms with van der Waals surface area (Å²) in [4.78, 5) is 15.8. The zero-order valence-corrected chi connectivity index (χ0v) is 16.4. The van der Waals surface area contributed by atoms with Gasteiger partial charge in [0.2, 0.25) is 5.91 Å². The van der Waals surface area contributed by atoms with Crippen molar-refractivity contribution < 1.29 is 4.79 Å². The maximum atomic E-state index is 12.5. The van der Waals surface area contributed by atoms with Crippen LogP contribution in [-0.2, 0) is 4.79 Å². The van der Waals surface area contributed by atoms with E-state index in [-0.39, 0.29) is 11.8 Å². The first-order valence-corrected chi connectivity index (χ1v) is 9.48. The van der Waals surface area contributed by atoms with Gasteiger partial charge in [0.1, 0.15) is 0 Å². The number of aromatic amines is 1. The van der Waals surface area contributed by atoms with Crippen LogP contribution in [0.25, 0.3) is 10.9 Å². The fraction of sp³-hybridized carbons (Fsp3) is 0.286. The van der Waals surface area contributed by atoms with E-state index in [0.717, 1.165) is 22.0 Å². The number of nitrogens with one attached hydrogen (secondary N) is 2. The molecule has 0 aliphatic carbocycles. The molecular weight excluding hydrogens is 367 g/mol. The van der Waals surface area contributed by atoms with Crippen molar-refractivity contribution >= 4 is 40.0 Å². The quantitative estimate of drug-likeness (QED) is 0.552. The van der Waals surface area contributed by atoms with Gasteiger partial charge in [-0.25, -0.2) is 0 Å². The molecule has 2 aromatic carbocycles. The van der Waals surface area contributed by atoms with E-state index in [1.807, 2.05) is 48.7 Å². The Balaban J connectivity index is 1.97. The number of H-pyrrole nitrogens is 1. The molecule has 3 aromatic rings. The molecular formula is C21H22Cl2N2O. The number of halogens is 2. The summed E-state index contributed by atoms with van der Waals surface area (Å²) in [6, 6.07) is 13.4. The Labute approximate surface area is 163 Å². The van der Waals surface area contributed by atoms with Crippen LogP contribution >= 0.6 is 23.2 Å². The topological polar surface area (TPSA) is 44.9 Å². The van der Waals surface area contributed by atoms with Crippen LogP contribution in [-0.4, -0.2) is 17.4 Å². The minimum Gasteiger partial charge on any atom is -0.361 e. The Hall–Kier alpha value is -1.97. The fourth-order valence-electron chi connectivity index (χ4n) is 3.08. The predicted octanol–water partition coefficient (Wildman–Crippen LogP) is 5.77. The highest BCUT2D eigenvalue weighted by molar-refractivity contribution is 6.31. The zero-order valence-electron chi connectivity index (χ0n) is 14.9. The van der Waals surface area contributed by atoms with Gasteiger partial charge in [0.05, 0.1) is 0 Å². The third kappa shape index (κ3) is 4.40. The lowest BCUT2D eigenvalue weighted by molar-refractivity contribution is -0.121. The number of rotatable bonds is 6. The van der Waals surface area contributed by atoms with Crippen molar-refractivity contribution in [3.05, 3.63) is 69.8 Å². The predicted molar refractivity (Wildman–Crippen MR) is 109 cm³/mol. The Morgan fingerprint density at radius 2 is 1.77 bits per heavy atom. The van der Waals surface area contributed by atoms with Crippen LogP contribution in [0, 0.1) is 5.92 Å². The van der Waals surface area contributed by atoms with Crippen LogP contribution in [0.15, 0.2) is 48.7 Å². The van der Waals surface area contributed by atoms with E-state index in [1.165, 1.54) is 0 Å². The van der Waals surface area contributed by atoms with Crippen molar-refractivity contribution in [2.45, 2.75) is 26.2 Å². The number of carbonyl (C=O) groups is 1. The molecule has 1 amide bonds. The van der Waals surface area contributed by atoms with Crippen LogP contribution in [0.5, 0.6) is 0 Å². The van der Waals surface area contributed by atoms with E-state index in [0.29, 0.717) is 28.9 Å². The number of aromatic nitrogens is 1. The maximum Gasteiger partial charge on any atom is 0.220 e. The van der Waals surface area contributed by atoms with Crippen molar-refractivity contribution in [3.8, 4) is 0 Å². The molecule has 1 atom stereocenters. The third-order valence-electron chi connectivity index (χ3n) is 4.42. The highest BCUT2D eigenvalue weighted by atomic mass is 35.5. The summed E-state index contributed by atoms with van der Waals surface area (Å²) in [6.07, 6.45) is 2.34. The number of carbonyl (C=O) groups excluding carboxylic acids is 1. The molecule has 0 bridgehead atoms. The minimum atomic E-state index is -0.0772. The van der Waals surface area contributed by atoms with Crippen molar-refractivity contribution in [1.82, 2.24) is 10.3 Å². The second-order valence-electron chi connectivity index (χ2n) is 6.94. The molecule has 0 unspecified atom stereocenters. The van der Waals surface area contributed by atoms with Crippen LogP contribution in [0.4, 0.5) is 0 Å². The first-order valence-electron chi connectivity index (χ1n) is 8.72. The van der Waals surface area contributed by atoms with Gasteiger partial charge in [-0.3, -0.25) is 4.79 Å². The summed E-state index contributed by atoms with van der Waals surface area (Å²) in [5.74, 6) is 0.376. The van der Waals surface area contributed by atoms with E-state index in [1.54, 1.807) is 0 Å². The Morgan fingerprint density at radius 1 is 1.08 bits per heavy atom. The first kappa shape index (κ1) is 18.8. The van der Waals surface area contributed by atoms with Gasteiger partial charge in [0.25, 0.3) is 0 Å². The molecule has 0 fully saturated rings. The molecule has 0 spiro atoms. The standard InChI is InChI=1S/C21H22Cl2N2O/c1-13(2)11-25-21(26)10-17(14-3-5-15(22)6-4-14)19-12-24-20-8-7-16(23)9-18(19)20/h3-9,12-13,17,24H,10-11H2,1-2H3,(H,25,26)/t17-/m1/s1. The number of amides is 1. The highest BCUT2D eigenvalue weighted by Crippen LogP contribution is 2.35. The molecule has 0 saturated heterocycles. The van der Waals surface area contributed by atoms with Gasteiger partial charge >= 0.3 is 0 Å². The first-order chi connectivity index (χ1) is 12.4. The Kier molecular flexibility index (Phi) is 5.90. The van der Waals surface area contributed by atoms with Crippen molar-refractivity contribution in [1.29, 1.82) is 0 Å². The van der Waals surface area contributed by atoms with Crippen molar-refractivity contribution in [2.24, 2.45) is 5.92 Å². The minimum absolute atomic E-state index is 0.0371. The lowest BCUT2D eigenvalue weighted by Crippen LogP contribution is -2.28. The van der Waals surface area contributed by atoms with Gasteiger partial charge in [0, 0.05) is 46.0 Å². The van der Waals surface area contributed by atoms with Gasteiger partial charge in [-0.15, -0.1) is 0 Å². The summed E-state index contributed by atoms with van der Waals surface area (Å²) in [7, 11) is 0. The van der Waals surface area contributed by atoms with Gasteiger partial charge in [-0.2, -0.15) is 0 Å². The number of benzene rings is 2. The number of fused-ring (bicyclic) bond motifs is 1. The Bertz CT molecular complexity index is 900. The molecule has 5 heteroatoms. The summed E-state index contributed by atoms with van der Waals surface area (Å²) in [5.41, 5.74) is 3.12. The summed E-state index contributed by atoms with van der Waals surface area (Å²) in [6.45, 7) is 4.84. The third-order valence-corrected chi connectivity index (χ3v) is 4.91. The molecule has 3 rings (SSSR count). The van der Waals surface area contributed by atoms with E-state index >= 15 is 0 Å². The van der Waals surface area contributed by atoms with Gasteiger partial charge in [-0.05, 0) is 47.4 Å². The SMILES string of the molecule is CC(C)CNC(=O)C[C@H](c1ccc(Cl)cc1)c1c[nH]c2ccc(Cl)cc12. The van der Waals surface area contributed by atoms with Crippen LogP contribution in [0.3, 0.4) is 0 Å².